The van der Waals surface area contributed by atoms with E-state index in [-0.39, 0.29) is 17.0 Å². The van der Waals surface area contributed by atoms with Gasteiger partial charge in [0.15, 0.2) is 5.16 Å². The molecule has 0 bridgehead atoms. The maximum atomic E-state index is 13.4. The molecule has 0 fully saturated rings. The van der Waals surface area contributed by atoms with Gasteiger partial charge >= 0.3 is 0 Å². The van der Waals surface area contributed by atoms with Crippen LogP contribution in [0.3, 0.4) is 0 Å². The number of H-pyrrole nitrogens is 1. The van der Waals surface area contributed by atoms with Gasteiger partial charge < -0.3 is 10.3 Å². The summed E-state index contributed by atoms with van der Waals surface area (Å²) >= 11 is 1.04. The summed E-state index contributed by atoms with van der Waals surface area (Å²) in [7, 11) is 0. The number of carbonyl (C=O) groups is 1. The minimum Gasteiger partial charge on any atom is -0.323 e. The lowest BCUT2D eigenvalue weighted by atomic mass is 10.2. The number of anilines is 1. The standard InChI is InChI=1S/C15H15F2N3O2S/c1-2-3-10-7-13(21)20-15(18-10)23-8-14(22)19-12-5-4-9(16)6-11(12)17/h4-7H,2-3,8H2,1H3,(H,19,22)(H,18,20,21). The van der Waals surface area contributed by atoms with Gasteiger partial charge in [-0.25, -0.2) is 13.8 Å². The van der Waals surface area contributed by atoms with E-state index in [9.17, 15) is 18.4 Å². The van der Waals surface area contributed by atoms with E-state index < -0.39 is 17.5 Å². The number of rotatable bonds is 6. The predicted molar refractivity (Wildman–Crippen MR) is 84.6 cm³/mol. The maximum absolute atomic E-state index is 13.4. The van der Waals surface area contributed by atoms with E-state index in [0.29, 0.717) is 23.3 Å². The van der Waals surface area contributed by atoms with Gasteiger partial charge in [-0.2, -0.15) is 0 Å². The van der Waals surface area contributed by atoms with Crippen LogP contribution in [0.5, 0.6) is 0 Å². The van der Waals surface area contributed by atoms with Crippen molar-refractivity contribution < 1.29 is 13.6 Å². The molecule has 0 saturated heterocycles. The molecule has 0 saturated carbocycles. The number of hydrogen-bond donors (Lipinski definition) is 2. The molecule has 2 N–H and O–H groups in total. The normalized spacial score (nSPS) is 10.6. The van der Waals surface area contributed by atoms with Gasteiger partial charge in [0.2, 0.25) is 5.91 Å². The summed E-state index contributed by atoms with van der Waals surface area (Å²) in [5, 5.41) is 2.67. The number of benzene rings is 1. The van der Waals surface area contributed by atoms with E-state index in [4.69, 9.17) is 0 Å². The topological polar surface area (TPSA) is 74.8 Å². The van der Waals surface area contributed by atoms with E-state index in [1.807, 2.05) is 6.92 Å². The third-order valence-electron chi connectivity index (χ3n) is 2.82. The zero-order valence-corrected chi connectivity index (χ0v) is 13.2. The molecule has 0 aliphatic rings. The van der Waals surface area contributed by atoms with Gasteiger partial charge in [-0.3, -0.25) is 9.59 Å². The number of aryl methyl sites for hydroxylation is 1. The molecule has 2 aromatic rings. The molecule has 5 nitrogen and oxygen atoms in total. The lowest BCUT2D eigenvalue weighted by Crippen LogP contribution is -2.16. The Morgan fingerprint density at radius 3 is 2.83 bits per heavy atom. The van der Waals surface area contributed by atoms with Crippen LogP contribution in [-0.4, -0.2) is 21.6 Å². The Hall–Kier alpha value is -2.22. The largest absolute Gasteiger partial charge is 0.323 e. The minimum absolute atomic E-state index is 0.0602. The van der Waals surface area contributed by atoms with Crippen LogP contribution in [0.4, 0.5) is 14.5 Å². The molecular weight excluding hydrogens is 324 g/mol. The van der Waals surface area contributed by atoms with Gasteiger partial charge in [0.05, 0.1) is 11.4 Å². The molecule has 0 unspecified atom stereocenters. The van der Waals surface area contributed by atoms with Crippen LogP contribution in [0.1, 0.15) is 19.0 Å². The summed E-state index contributed by atoms with van der Waals surface area (Å²) in [5.74, 6) is -2.11. The fourth-order valence-electron chi connectivity index (χ4n) is 1.85. The van der Waals surface area contributed by atoms with Crippen molar-refractivity contribution in [1.29, 1.82) is 0 Å². The van der Waals surface area contributed by atoms with Crippen LogP contribution >= 0.6 is 11.8 Å². The third-order valence-corrected chi connectivity index (χ3v) is 3.70. The highest BCUT2D eigenvalue weighted by atomic mass is 32.2. The van der Waals surface area contributed by atoms with Crippen LogP contribution in [0.25, 0.3) is 0 Å². The van der Waals surface area contributed by atoms with Crippen molar-refractivity contribution in [3.63, 3.8) is 0 Å². The zero-order chi connectivity index (χ0) is 16.8. The molecule has 1 aromatic carbocycles. The van der Waals surface area contributed by atoms with E-state index >= 15 is 0 Å². The van der Waals surface area contributed by atoms with Crippen LogP contribution in [-0.2, 0) is 11.2 Å². The van der Waals surface area contributed by atoms with E-state index in [0.717, 1.165) is 30.3 Å². The second-order valence-electron chi connectivity index (χ2n) is 4.75. The average molecular weight is 339 g/mol. The highest BCUT2D eigenvalue weighted by Crippen LogP contribution is 2.17. The van der Waals surface area contributed by atoms with Crippen molar-refractivity contribution in [2.45, 2.75) is 24.9 Å². The fourth-order valence-corrected chi connectivity index (χ4v) is 2.54. The first-order chi connectivity index (χ1) is 11.0. The summed E-state index contributed by atoms with van der Waals surface area (Å²) in [6, 6.07) is 4.31. The first kappa shape index (κ1) is 17.1. The Morgan fingerprint density at radius 2 is 2.13 bits per heavy atom. The van der Waals surface area contributed by atoms with E-state index in [1.165, 1.54) is 6.07 Å². The van der Waals surface area contributed by atoms with Crippen molar-refractivity contribution >= 4 is 23.4 Å². The molecule has 8 heteroatoms. The number of nitrogens with zero attached hydrogens (tertiary/aromatic N) is 1. The molecule has 1 aromatic heterocycles. The molecule has 23 heavy (non-hydrogen) atoms. The Bertz CT molecular complexity index is 765. The third kappa shape index (κ3) is 5.17. The van der Waals surface area contributed by atoms with Crippen LogP contribution < -0.4 is 10.9 Å². The lowest BCUT2D eigenvalue weighted by molar-refractivity contribution is -0.113. The molecular formula is C15H15F2N3O2S. The fraction of sp³-hybridized carbons (Fsp3) is 0.267. The number of thioether (sulfide) groups is 1. The summed E-state index contributed by atoms with van der Waals surface area (Å²) in [6.07, 6.45) is 1.52. The van der Waals surface area contributed by atoms with E-state index in [1.54, 1.807) is 0 Å². The van der Waals surface area contributed by atoms with Crippen LogP contribution in [0, 0.1) is 11.6 Å². The number of hydrogen-bond acceptors (Lipinski definition) is 4. The van der Waals surface area contributed by atoms with Crippen molar-refractivity contribution in [2.75, 3.05) is 11.1 Å². The molecule has 0 aliphatic heterocycles. The van der Waals surface area contributed by atoms with Crippen molar-refractivity contribution in [3.05, 3.63) is 51.9 Å². The predicted octanol–water partition coefficient (Wildman–Crippen LogP) is 2.73. The van der Waals surface area contributed by atoms with Gasteiger partial charge in [-0.05, 0) is 18.6 Å². The molecule has 0 atom stereocenters. The Kier molecular flexibility index (Phi) is 5.86. The van der Waals surface area contributed by atoms with Crippen molar-refractivity contribution in [3.8, 4) is 0 Å². The Labute approximate surface area is 135 Å². The first-order valence-electron chi connectivity index (χ1n) is 6.96. The smallest absolute Gasteiger partial charge is 0.251 e. The minimum atomic E-state index is -0.847. The molecule has 0 aliphatic carbocycles. The SMILES string of the molecule is CCCc1cc(=O)[nH]c(SCC(=O)Nc2ccc(F)cc2F)n1. The number of halogens is 2. The number of aromatic amines is 1. The Morgan fingerprint density at radius 1 is 1.35 bits per heavy atom. The van der Waals surface area contributed by atoms with Crippen LogP contribution in [0.15, 0.2) is 34.2 Å². The summed E-state index contributed by atoms with van der Waals surface area (Å²) in [6.45, 7) is 1.97. The van der Waals surface area contributed by atoms with Crippen molar-refractivity contribution in [2.24, 2.45) is 0 Å². The summed E-state index contributed by atoms with van der Waals surface area (Å²) in [5.41, 5.74) is 0.276. The zero-order valence-electron chi connectivity index (χ0n) is 12.4. The maximum Gasteiger partial charge on any atom is 0.251 e. The lowest BCUT2D eigenvalue weighted by Gasteiger charge is -2.06. The number of aromatic nitrogens is 2. The summed E-state index contributed by atoms with van der Waals surface area (Å²) in [4.78, 5) is 30.1. The molecule has 122 valence electrons. The van der Waals surface area contributed by atoms with Gasteiger partial charge in [0, 0.05) is 17.8 Å². The van der Waals surface area contributed by atoms with Crippen molar-refractivity contribution in [1.82, 2.24) is 9.97 Å². The number of amides is 1. The highest BCUT2D eigenvalue weighted by Gasteiger charge is 2.10. The van der Waals surface area contributed by atoms with Crippen LogP contribution in [0.2, 0.25) is 0 Å². The van der Waals surface area contributed by atoms with E-state index in [2.05, 4.69) is 15.3 Å². The molecule has 1 heterocycles. The number of nitrogens with one attached hydrogen (secondary N) is 2. The number of carbonyl (C=O) groups excluding carboxylic acids is 1. The van der Waals surface area contributed by atoms with Gasteiger partial charge in [-0.15, -0.1) is 0 Å². The molecule has 0 radical (unpaired) electrons. The second kappa shape index (κ2) is 7.87. The molecule has 2 rings (SSSR count). The molecule has 1 amide bonds. The first-order valence-corrected chi connectivity index (χ1v) is 7.94. The second-order valence-corrected chi connectivity index (χ2v) is 5.72. The average Bonchev–Trinajstić information content (AvgIpc) is 2.48. The van der Waals surface area contributed by atoms with Gasteiger partial charge in [0.25, 0.3) is 5.56 Å². The summed E-state index contributed by atoms with van der Waals surface area (Å²) < 4.78 is 26.2. The monoisotopic (exact) mass is 339 g/mol. The van der Waals surface area contributed by atoms with Gasteiger partial charge in [-0.1, -0.05) is 25.1 Å². The van der Waals surface area contributed by atoms with Gasteiger partial charge in [0.1, 0.15) is 11.6 Å². The molecule has 0 spiro atoms. The highest BCUT2D eigenvalue weighted by molar-refractivity contribution is 7.99. The quantitative estimate of drug-likeness (QED) is 0.627. The Balaban J connectivity index is 1.97.